The molecular weight excluding hydrogens is 264 g/mol. The minimum atomic E-state index is -3.65. The molecule has 0 unspecified atom stereocenters. The summed E-state index contributed by atoms with van der Waals surface area (Å²) in [5.74, 6) is 0.525. The number of sulfonamides is 1. The van der Waals surface area contributed by atoms with Gasteiger partial charge in [-0.05, 0) is 37.1 Å². The molecule has 1 aromatic heterocycles. The van der Waals surface area contributed by atoms with Crippen molar-refractivity contribution in [2.45, 2.75) is 30.1 Å². The predicted molar refractivity (Wildman–Crippen MR) is 69.3 cm³/mol. The van der Waals surface area contributed by atoms with E-state index in [0.29, 0.717) is 5.92 Å². The summed E-state index contributed by atoms with van der Waals surface area (Å²) in [5, 5.41) is 13.3. The Labute approximate surface area is 111 Å². The summed E-state index contributed by atoms with van der Waals surface area (Å²) in [7, 11) is -3.65. The first-order valence-electron chi connectivity index (χ1n) is 6.09. The molecule has 2 N–H and O–H groups in total. The van der Waals surface area contributed by atoms with E-state index in [1.165, 1.54) is 31.4 Å². The highest BCUT2D eigenvalue weighted by molar-refractivity contribution is 7.89. The number of hydrogen-bond donors (Lipinski definition) is 1. The molecule has 7 heteroatoms. The van der Waals surface area contributed by atoms with Crippen LogP contribution in [0.2, 0.25) is 0 Å². The summed E-state index contributed by atoms with van der Waals surface area (Å²) in [6.45, 7) is 0. The van der Waals surface area contributed by atoms with Gasteiger partial charge in [0.25, 0.3) is 0 Å². The highest BCUT2D eigenvalue weighted by Crippen LogP contribution is 2.35. The van der Waals surface area contributed by atoms with Crippen LogP contribution >= 0.6 is 0 Å². The van der Waals surface area contributed by atoms with Gasteiger partial charge >= 0.3 is 0 Å². The number of nitrogens with two attached hydrogens (primary N) is 1. The molecule has 0 atom stereocenters. The van der Waals surface area contributed by atoms with Gasteiger partial charge in [0.15, 0.2) is 0 Å². The Morgan fingerprint density at radius 3 is 2.42 bits per heavy atom. The number of rotatable bonds is 3. The second-order valence-corrected chi connectivity index (χ2v) is 6.32. The first-order chi connectivity index (χ1) is 9.04. The van der Waals surface area contributed by atoms with Crippen LogP contribution in [0.3, 0.4) is 0 Å². The van der Waals surface area contributed by atoms with E-state index in [1.54, 1.807) is 16.8 Å². The second-order valence-electron chi connectivity index (χ2n) is 4.75. The van der Waals surface area contributed by atoms with Crippen LogP contribution in [0.5, 0.6) is 0 Å². The molecule has 1 aliphatic carbocycles. The maximum absolute atomic E-state index is 11.2. The molecular formula is C12H14N4O2S. The van der Waals surface area contributed by atoms with Crippen molar-refractivity contribution >= 4 is 10.0 Å². The Hall–Kier alpha value is -1.73. The van der Waals surface area contributed by atoms with E-state index in [1.807, 2.05) is 6.20 Å². The Balaban J connectivity index is 1.87. The summed E-state index contributed by atoms with van der Waals surface area (Å²) in [6, 6.07) is 6.27. The zero-order valence-corrected chi connectivity index (χ0v) is 11.0. The molecule has 1 heterocycles. The Morgan fingerprint density at radius 1 is 1.21 bits per heavy atom. The van der Waals surface area contributed by atoms with Gasteiger partial charge in [-0.2, -0.15) is 0 Å². The number of hydrogen-bond acceptors (Lipinski definition) is 4. The van der Waals surface area contributed by atoms with Gasteiger partial charge in [0.05, 0.1) is 22.5 Å². The monoisotopic (exact) mass is 278 g/mol. The summed E-state index contributed by atoms with van der Waals surface area (Å²) in [4.78, 5) is 0.0931. The van der Waals surface area contributed by atoms with Crippen LogP contribution in [0.15, 0.2) is 35.4 Å². The molecule has 100 valence electrons. The molecule has 1 fully saturated rings. The topological polar surface area (TPSA) is 90.9 Å². The molecule has 0 spiro atoms. The Kier molecular flexibility index (Phi) is 2.87. The average molecular weight is 278 g/mol. The van der Waals surface area contributed by atoms with E-state index in [0.717, 1.165) is 11.4 Å². The van der Waals surface area contributed by atoms with Gasteiger partial charge in [-0.3, -0.25) is 0 Å². The standard InChI is InChI=1S/C12H14N4O2S/c13-19(17,18)11-6-4-10(5-7-11)16-8-12(14-15-16)9-2-1-3-9/h4-9H,1-3H2,(H2,13,17,18). The van der Waals surface area contributed by atoms with Crippen LogP contribution in [-0.2, 0) is 10.0 Å². The van der Waals surface area contributed by atoms with E-state index in [9.17, 15) is 8.42 Å². The lowest BCUT2D eigenvalue weighted by Gasteiger charge is -2.22. The average Bonchev–Trinajstić information content (AvgIpc) is 2.75. The van der Waals surface area contributed by atoms with E-state index >= 15 is 0 Å². The number of nitrogens with zero attached hydrogens (tertiary/aromatic N) is 3. The molecule has 0 aliphatic heterocycles. The van der Waals surface area contributed by atoms with Crippen molar-refractivity contribution in [3.63, 3.8) is 0 Å². The van der Waals surface area contributed by atoms with E-state index in [2.05, 4.69) is 10.3 Å². The molecule has 0 saturated heterocycles. The van der Waals surface area contributed by atoms with Crippen molar-refractivity contribution in [1.82, 2.24) is 15.0 Å². The highest BCUT2D eigenvalue weighted by Gasteiger charge is 2.22. The molecule has 1 aliphatic rings. The maximum atomic E-state index is 11.2. The third-order valence-electron chi connectivity index (χ3n) is 3.46. The van der Waals surface area contributed by atoms with Gasteiger partial charge in [-0.25, -0.2) is 18.2 Å². The fourth-order valence-corrected chi connectivity index (χ4v) is 2.60. The largest absolute Gasteiger partial charge is 0.238 e. The number of aromatic nitrogens is 3. The number of benzene rings is 1. The van der Waals surface area contributed by atoms with Crippen LogP contribution in [0.25, 0.3) is 5.69 Å². The molecule has 6 nitrogen and oxygen atoms in total. The maximum Gasteiger partial charge on any atom is 0.238 e. The van der Waals surface area contributed by atoms with Gasteiger partial charge < -0.3 is 0 Å². The minimum Gasteiger partial charge on any atom is -0.225 e. The first kappa shape index (κ1) is 12.3. The highest BCUT2D eigenvalue weighted by atomic mass is 32.2. The molecule has 1 saturated carbocycles. The molecule has 2 aromatic rings. The zero-order chi connectivity index (χ0) is 13.5. The van der Waals surface area contributed by atoms with E-state index in [-0.39, 0.29) is 4.90 Å². The van der Waals surface area contributed by atoms with Gasteiger partial charge in [0.2, 0.25) is 10.0 Å². The van der Waals surface area contributed by atoms with Crippen molar-refractivity contribution in [3.05, 3.63) is 36.2 Å². The molecule has 1 aromatic carbocycles. The van der Waals surface area contributed by atoms with Gasteiger partial charge in [0, 0.05) is 5.92 Å². The van der Waals surface area contributed by atoms with Crippen molar-refractivity contribution in [3.8, 4) is 5.69 Å². The van der Waals surface area contributed by atoms with Crippen molar-refractivity contribution < 1.29 is 8.42 Å². The first-order valence-corrected chi connectivity index (χ1v) is 7.64. The van der Waals surface area contributed by atoms with Gasteiger partial charge in [-0.15, -0.1) is 5.10 Å². The lowest BCUT2D eigenvalue weighted by atomic mass is 9.83. The van der Waals surface area contributed by atoms with Gasteiger partial charge in [-0.1, -0.05) is 11.6 Å². The Morgan fingerprint density at radius 2 is 1.89 bits per heavy atom. The quantitative estimate of drug-likeness (QED) is 0.912. The lowest BCUT2D eigenvalue weighted by Crippen LogP contribution is -2.12. The predicted octanol–water partition coefficient (Wildman–Crippen LogP) is 1.18. The summed E-state index contributed by atoms with van der Waals surface area (Å²) in [6.07, 6.45) is 5.49. The molecule has 0 amide bonds. The number of primary sulfonamides is 1. The molecule has 19 heavy (non-hydrogen) atoms. The van der Waals surface area contributed by atoms with Crippen molar-refractivity contribution in [2.75, 3.05) is 0 Å². The van der Waals surface area contributed by atoms with Crippen LogP contribution in [0, 0.1) is 0 Å². The van der Waals surface area contributed by atoms with Crippen molar-refractivity contribution in [1.29, 1.82) is 0 Å². The smallest absolute Gasteiger partial charge is 0.225 e. The lowest BCUT2D eigenvalue weighted by molar-refractivity contribution is 0.410. The Bertz CT molecular complexity index is 687. The molecule has 3 rings (SSSR count). The van der Waals surface area contributed by atoms with Crippen LogP contribution in [-0.4, -0.2) is 23.4 Å². The van der Waals surface area contributed by atoms with Gasteiger partial charge in [0.1, 0.15) is 0 Å². The summed E-state index contributed by atoms with van der Waals surface area (Å²) < 4.78 is 24.0. The summed E-state index contributed by atoms with van der Waals surface area (Å²) >= 11 is 0. The second kappa shape index (κ2) is 4.43. The molecule has 0 radical (unpaired) electrons. The molecule has 0 bridgehead atoms. The normalized spacial score (nSPS) is 16.3. The summed E-state index contributed by atoms with van der Waals surface area (Å²) in [5.41, 5.74) is 1.77. The van der Waals surface area contributed by atoms with E-state index < -0.39 is 10.0 Å². The zero-order valence-electron chi connectivity index (χ0n) is 10.2. The minimum absolute atomic E-state index is 0.0931. The third-order valence-corrected chi connectivity index (χ3v) is 4.39. The van der Waals surface area contributed by atoms with Crippen LogP contribution in [0.1, 0.15) is 30.9 Å². The SMILES string of the molecule is NS(=O)(=O)c1ccc(-n2cc(C3CCC3)nn2)cc1. The fraction of sp³-hybridized carbons (Fsp3) is 0.333. The van der Waals surface area contributed by atoms with Crippen molar-refractivity contribution in [2.24, 2.45) is 5.14 Å². The van der Waals surface area contributed by atoms with Crippen LogP contribution in [0.4, 0.5) is 0 Å². The van der Waals surface area contributed by atoms with E-state index in [4.69, 9.17) is 5.14 Å². The third kappa shape index (κ3) is 2.39. The van der Waals surface area contributed by atoms with Crippen LogP contribution < -0.4 is 5.14 Å². The fourth-order valence-electron chi connectivity index (χ4n) is 2.08.